The molecule has 2 aromatic carbocycles. The molecule has 1 amide bonds. The van der Waals surface area contributed by atoms with E-state index in [0.717, 1.165) is 31.5 Å². The summed E-state index contributed by atoms with van der Waals surface area (Å²) < 4.78 is 32.5. The molecule has 1 aliphatic rings. The number of hydrogen-bond donors (Lipinski definition) is 0. The first-order chi connectivity index (χ1) is 13.7. The number of ether oxygens (including phenoxy) is 1. The van der Waals surface area contributed by atoms with E-state index in [4.69, 9.17) is 4.74 Å². The topological polar surface area (TPSA) is 66.9 Å². The first kappa shape index (κ1) is 21.2. The Labute approximate surface area is 173 Å². The molecule has 156 valence electrons. The van der Waals surface area contributed by atoms with Gasteiger partial charge in [-0.05, 0) is 67.6 Å². The van der Waals surface area contributed by atoms with Crippen LogP contribution in [0.2, 0.25) is 0 Å². The van der Waals surface area contributed by atoms with Crippen molar-refractivity contribution in [3.8, 4) is 5.75 Å². The monoisotopic (exact) mass is 416 g/mol. The maximum atomic E-state index is 13.1. The molecule has 1 saturated heterocycles. The van der Waals surface area contributed by atoms with Crippen LogP contribution >= 0.6 is 0 Å². The van der Waals surface area contributed by atoms with Crippen molar-refractivity contribution < 1.29 is 17.9 Å². The molecular formula is C22H28N2O4S. The van der Waals surface area contributed by atoms with Crippen LogP contribution in [0, 0.1) is 12.8 Å². The van der Waals surface area contributed by atoms with Gasteiger partial charge in [0.15, 0.2) is 0 Å². The minimum absolute atomic E-state index is 0.0481. The van der Waals surface area contributed by atoms with Crippen molar-refractivity contribution in [3.05, 3.63) is 53.6 Å². The summed E-state index contributed by atoms with van der Waals surface area (Å²) in [6, 6.07) is 11.5. The number of amides is 1. The molecule has 1 aliphatic heterocycles. The molecule has 29 heavy (non-hydrogen) atoms. The lowest BCUT2D eigenvalue weighted by atomic mass is 9.99. The van der Waals surface area contributed by atoms with Gasteiger partial charge in [0.2, 0.25) is 0 Å². The number of carbonyl (C=O) groups is 1. The zero-order valence-corrected chi connectivity index (χ0v) is 18.2. The Morgan fingerprint density at radius 1 is 1.17 bits per heavy atom. The van der Waals surface area contributed by atoms with Crippen molar-refractivity contribution in [2.75, 3.05) is 31.6 Å². The highest BCUT2D eigenvalue weighted by atomic mass is 32.2. The first-order valence-electron chi connectivity index (χ1n) is 9.77. The molecule has 1 fully saturated rings. The van der Waals surface area contributed by atoms with Crippen LogP contribution in [0.3, 0.4) is 0 Å². The van der Waals surface area contributed by atoms with E-state index in [1.165, 1.54) is 30.6 Å². The van der Waals surface area contributed by atoms with E-state index in [-0.39, 0.29) is 10.8 Å². The van der Waals surface area contributed by atoms with Gasteiger partial charge in [0.1, 0.15) is 5.75 Å². The highest BCUT2D eigenvalue weighted by Gasteiger charge is 2.26. The lowest BCUT2D eigenvalue weighted by molar-refractivity contribution is 0.0683. The second-order valence-electron chi connectivity index (χ2n) is 7.65. The number of hydrogen-bond acceptors (Lipinski definition) is 4. The smallest absolute Gasteiger partial charge is 0.264 e. The molecule has 7 heteroatoms. The molecule has 0 aliphatic carbocycles. The summed E-state index contributed by atoms with van der Waals surface area (Å²) in [6.45, 7) is 5.47. The van der Waals surface area contributed by atoms with Crippen molar-refractivity contribution >= 4 is 21.6 Å². The normalized spacial score (nSPS) is 17.1. The summed E-state index contributed by atoms with van der Waals surface area (Å²) in [5, 5.41) is 0. The zero-order valence-electron chi connectivity index (χ0n) is 17.4. The number of anilines is 1. The Hall–Kier alpha value is -2.54. The molecule has 0 saturated carbocycles. The van der Waals surface area contributed by atoms with Crippen LogP contribution in [-0.4, -0.2) is 46.5 Å². The molecule has 3 rings (SSSR count). The number of benzene rings is 2. The summed E-state index contributed by atoms with van der Waals surface area (Å²) in [5.41, 5.74) is 1.79. The Morgan fingerprint density at radius 3 is 2.48 bits per heavy atom. The fraction of sp³-hybridized carbons (Fsp3) is 0.409. The van der Waals surface area contributed by atoms with Crippen molar-refractivity contribution in [3.63, 3.8) is 0 Å². The van der Waals surface area contributed by atoms with Crippen molar-refractivity contribution in [1.82, 2.24) is 4.90 Å². The van der Waals surface area contributed by atoms with E-state index in [0.29, 0.717) is 22.9 Å². The summed E-state index contributed by atoms with van der Waals surface area (Å²) in [4.78, 5) is 15.0. The Morgan fingerprint density at radius 2 is 1.86 bits per heavy atom. The van der Waals surface area contributed by atoms with Crippen molar-refractivity contribution in [2.24, 2.45) is 5.92 Å². The van der Waals surface area contributed by atoms with E-state index in [9.17, 15) is 13.2 Å². The van der Waals surface area contributed by atoms with Gasteiger partial charge in [-0.25, -0.2) is 8.42 Å². The number of nitrogens with zero attached hydrogens (tertiary/aromatic N) is 2. The molecule has 0 N–H and O–H groups in total. The summed E-state index contributed by atoms with van der Waals surface area (Å²) in [6.07, 6.45) is 2.13. The van der Waals surface area contributed by atoms with Crippen LogP contribution in [0.15, 0.2) is 47.4 Å². The van der Waals surface area contributed by atoms with E-state index in [1.807, 2.05) is 11.8 Å². The molecule has 0 bridgehead atoms. The Balaban J connectivity index is 1.91. The second-order valence-corrected chi connectivity index (χ2v) is 9.62. The van der Waals surface area contributed by atoms with Crippen LogP contribution in [0.5, 0.6) is 5.75 Å². The fourth-order valence-corrected chi connectivity index (χ4v) is 4.93. The number of piperidine rings is 1. The third kappa shape index (κ3) is 4.40. The molecule has 1 unspecified atom stereocenters. The molecule has 0 radical (unpaired) electrons. The van der Waals surface area contributed by atoms with E-state index in [2.05, 4.69) is 6.92 Å². The molecule has 2 aromatic rings. The lowest BCUT2D eigenvalue weighted by Crippen LogP contribution is -2.39. The third-order valence-corrected chi connectivity index (χ3v) is 7.24. The highest BCUT2D eigenvalue weighted by molar-refractivity contribution is 7.92. The molecule has 1 atom stereocenters. The Kier molecular flexibility index (Phi) is 6.17. The zero-order chi connectivity index (χ0) is 21.2. The van der Waals surface area contributed by atoms with Gasteiger partial charge in [-0.3, -0.25) is 9.10 Å². The molecule has 0 spiro atoms. The first-order valence-corrected chi connectivity index (χ1v) is 11.2. The second kappa shape index (κ2) is 8.45. The van der Waals surface area contributed by atoms with Gasteiger partial charge in [0, 0.05) is 25.7 Å². The molecule has 0 aromatic heterocycles. The predicted molar refractivity (Wildman–Crippen MR) is 114 cm³/mol. The van der Waals surface area contributed by atoms with Crippen LogP contribution in [-0.2, 0) is 10.0 Å². The minimum atomic E-state index is -3.76. The fourth-order valence-electron chi connectivity index (χ4n) is 3.67. The summed E-state index contributed by atoms with van der Waals surface area (Å²) in [7, 11) is -0.717. The third-order valence-electron chi connectivity index (χ3n) is 5.46. The number of aryl methyl sites for hydroxylation is 1. The highest BCUT2D eigenvalue weighted by Crippen LogP contribution is 2.28. The SMILES string of the molecule is COc1ccc(S(=O)(=O)N(C)c2cc(C(=O)N3CCCC(C)C3)ccc2C)cc1. The Bertz CT molecular complexity index is 986. The van der Waals surface area contributed by atoms with Gasteiger partial charge >= 0.3 is 0 Å². The van der Waals surface area contributed by atoms with Crippen LogP contribution in [0.25, 0.3) is 0 Å². The molecule has 1 heterocycles. The number of methoxy groups -OCH3 is 1. The van der Waals surface area contributed by atoms with Crippen LogP contribution in [0.4, 0.5) is 5.69 Å². The van der Waals surface area contributed by atoms with E-state index in [1.54, 1.807) is 30.3 Å². The van der Waals surface area contributed by atoms with Gasteiger partial charge in [0.25, 0.3) is 15.9 Å². The van der Waals surface area contributed by atoms with Gasteiger partial charge in [-0.2, -0.15) is 0 Å². The molecular weight excluding hydrogens is 388 g/mol. The van der Waals surface area contributed by atoms with E-state index >= 15 is 0 Å². The number of likely N-dealkylation sites (tertiary alicyclic amines) is 1. The van der Waals surface area contributed by atoms with Gasteiger partial charge in [-0.1, -0.05) is 13.0 Å². The quantitative estimate of drug-likeness (QED) is 0.745. The standard InChI is InChI=1S/C22H28N2O4S/c1-16-6-5-13-24(15-16)22(25)18-8-7-17(2)21(14-18)23(3)29(26,27)20-11-9-19(28-4)10-12-20/h7-12,14,16H,5-6,13,15H2,1-4H3. The van der Waals surface area contributed by atoms with Crippen LogP contribution < -0.4 is 9.04 Å². The average Bonchev–Trinajstić information content (AvgIpc) is 2.73. The lowest BCUT2D eigenvalue weighted by Gasteiger charge is -2.31. The van der Waals surface area contributed by atoms with Crippen molar-refractivity contribution in [2.45, 2.75) is 31.6 Å². The average molecular weight is 417 g/mol. The van der Waals surface area contributed by atoms with Gasteiger partial charge < -0.3 is 9.64 Å². The predicted octanol–water partition coefficient (Wildman–Crippen LogP) is 3.70. The summed E-state index contributed by atoms with van der Waals surface area (Å²) in [5.74, 6) is 1.02. The number of rotatable bonds is 5. The number of sulfonamides is 1. The van der Waals surface area contributed by atoms with Crippen LogP contribution in [0.1, 0.15) is 35.7 Å². The maximum absolute atomic E-state index is 13.1. The summed E-state index contributed by atoms with van der Waals surface area (Å²) >= 11 is 0. The van der Waals surface area contributed by atoms with Gasteiger partial charge in [-0.15, -0.1) is 0 Å². The minimum Gasteiger partial charge on any atom is -0.497 e. The van der Waals surface area contributed by atoms with Gasteiger partial charge in [0.05, 0.1) is 17.7 Å². The largest absolute Gasteiger partial charge is 0.497 e. The van der Waals surface area contributed by atoms with Crippen molar-refractivity contribution in [1.29, 1.82) is 0 Å². The molecule has 6 nitrogen and oxygen atoms in total. The number of carbonyl (C=O) groups excluding carboxylic acids is 1. The van der Waals surface area contributed by atoms with E-state index < -0.39 is 10.0 Å². The maximum Gasteiger partial charge on any atom is 0.264 e.